The Morgan fingerprint density at radius 2 is 1.27 bits per heavy atom. The van der Waals surface area contributed by atoms with Gasteiger partial charge in [0.2, 0.25) is 11.8 Å². The molecule has 6 heteroatoms. The van der Waals surface area contributed by atoms with Gasteiger partial charge in [0.25, 0.3) is 0 Å². The molecule has 30 heavy (non-hydrogen) atoms. The molecule has 2 amide bonds. The van der Waals surface area contributed by atoms with Gasteiger partial charge in [-0.3, -0.25) is 9.59 Å². The van der Waals surface area contributed by atoms with Crippen LogP contribution >= 0.6 is 0 Å². The summed E-state index contributed by atoms with van der Waals surface area (Å²) >= 11 is 0. The minimum Gasteiger partial charge on any atom is -0.395 e. The molecule has 0 heterocycles. The molecule has 1 atom stereocenters. The van der Waals surface area contributed by atoms with Gasteiger partial charge in [0.15, 0.2) is 0 Å². The minimum absolute atomic E-state index is 0.0478. The van der Waals surface area contributed by atoms with Crippen LogP contribution in [0.15, 0.2) is 12.2 Å². The summed E-state index contributed by atoms with van der Waals surface area (Å²) in [6.07, 6.45) is 20.5. The quantitative estimate of drug-likeness (QED) is 0.165. The molecular weight excluding hydrogens is 380 g/mol. The van der Waals surface area contributed by atoms with Gasteiger partial charge < -0.3 is 20.8 Å². The number of nitrogens with one attached hydrogen (secondary N) is 2. The largest absolute Gasteiger partial charge is 0.395 e. The number of allylic oxidation sites excluding steroid dienone is 1. The van der Waals surface area contributed by atoms with Crippen LogP contribution in [-0.2, 0) is 9.59 Å². The fourth-order valence-corrected chi connectivity index (χ4v) is 3.39. The maximum atomic E-state index is 12.2. The Balaban J connectivity index is 3.90. The van der Waals surface area contributed by atoms with Gasteiger partial charge in [0, 0.05) is 19.5 Å². The lowest BCUT2D eigenvalue weighted by Gasteiger charge is -2.13. The van der Waals surface area contributed by atoms with Gasteiger partial charge in [-0.25, -0.2) is 0 Å². The number of carbonyl (C=O) groups is 2. The van der Waals surface area contributed by atoms with Crippen LogP contribution in [0.5, 0.6) is 0 Å². The van der Waals surface area contributed by atoms with Crippen molar-refractivity contribution in [2.45, 2.75) is 96.8 Å². The van der Waals surface area contributed by atoms with E-state index in [1.165, 1.54) is 70.6 Å². The van der Waals surface area contributed by atoms with E-state index in [1.807, 2.05) is 6.08 Å². The number of rotatable bonds is 21. The lowest BCUT2D eigenvalue weighted by molar-refractivity contribution is -0.129. The van der Waals surface area contributed by atoms with Crippen LogP contribution in [0.4, 0.5) is 0 Å². The van der Waals surface area contributed by atoms with Crippen molar-refractivity contribution in [2.75, 3.05) is 26.3 Å². The van der Waals surface area contributed by atoms with Gasteiger partial charge in [-0.1, -0.05) is 89.7 Å². The molecule has 1 unspecified atom stereocenters. The Bertz CT molecular complexity index is 441. The molecule has 4 N–H and O–H groups in total. The molecule has 0 aliphatic carbocycles. The Morgan fingerprint density at radius 3 is 1.80 bits per heavy atom. The molecule has 0 rings (SSSR count). The average molecular weight is 427 g/mol. The van der Waals surface area contributed by atoms with Crippen LogP contribution in [0.1, 0.15) is 96.8 Å². The topological polar surface area (TPSA) is 98.7 Å². The SMILES string of the molecule is CCCCCCCCCCCCCCC=CC(CC(=O)NCCO)C(=O)NCCO. The molecule has 0 aliphatic heterocycles. The zero-order chi connectivity index (χ0) is 22.3. The van der Waals surface area contributed by atoms with E-state index in [9.17, 15) is 9.59 Å². The number of aliphatic hydroxyl groups is 2. The third-order valence-corrected chi connectivity index (χ3v) is 5.18. The van der Waals surface area contributed by atoms with Crippen LogP contribution in [0.25, 0.3) is 0 Å². The second-order valence-corrected chi connectivity index (χ2v) is 8.00. The highest BCUT2D eigenvalue weighted by atomic mass is 16.3. The molecule has 0 saturated heterocycles. The molecule has 0 radical (unpaired) electrons. The summed E-state index contributed by atoms with van der Waals surface area (Å²) in [4.78, 5) is 24.0. The van der Waals surface area contributed by atoms with Gasteiger partial charge in [0.1, 0.15) is 0 Å². The normalized spacial score (nSPS) is 12.2. The predicted molar refractivity (Wildman–Crippen MR) is 123 cm³/mol. The highest BCUT2D eigenvalue weighted by molar-refractivity contribution is 5.87. The van der Waals surface area contributed by atoms with Crippen molar-refractivity contribution in [1.29, 1.82) is 0 Å². The summed E-state index contributed by atoms with van der Waals surface area (Å²) in [6, 6.07) is 0. The average Bonchev–Trinajstić information content (AvgIpc) is 2.75. The van der Waals surface area contributed by atoms with E-state index in [1.54, 1.807) is 6.08 Å². The molecule has 0 aromatic rings. The lowest BCUT2D eigenvalue weighted by Crippen LogP contribution is -2.36. The Labute approximate surface area is 183 Å². The zero-order valence-corrected chi connectivity index (χ0v) is 19.2. The highest BCUT2D eigenvalue weighted by Gasteiger charge is 2.18. The number of carbonyl (C=O) groups excluding carboxylic acids is 2. The Kier molecular flexibility index (Phi) is 21.2. The van der Waals surface area contributed by atoms with Crippen molar-refractivity contribution in [3.63, 3.8) is 0 Å². The first kappa shape index (κ1) is 28.6. The van der Waals surface area contributed by atoms with Crippen molar-refractivity contribution in [3.8, 4) is 0 Å². The van der Waals surface area contributed by atoms with Gasteiger partial charge in [-0.05, 0) is 12.8 Å². The van der Waals surface area contributed by atoms with Crippen LogP contribution in [-0.4, -0.2) is 48.3 Å². The fourth-order valence-electron chi connectivity index (χ4n) is 3.39. The van der Waals surface area contributed by atoms with Crippen LogP contribution in [0.2, 0.25) is 0 Å². The number of aliphatic hydroxyl groups excluding tert-OH is 2. The van der Waals surface area contributed by atoms with Crippen LogP contribution in [0.3, 0.4) is 0 Å². The van der Waals surface area contributed by atoms with Gasteiger partial charge >= 0.3 is 0 Å². The minimum atomic E-state index is -0.549. The lowest BCUT2D eigenvalue weighted by atomic mass is 10.0. The molecule has 0 aliphatic rings. The third-order valence-electron chi connectivity index (χ3n) is 5.18. The summed E-state index contributed by atoms with van der Waals surface area (Å²) in [5.74, 6) is -1.06. The summed E-state index contributed by atoms with van der Waals surface area (Å²) in [5.41, 5.74) is 0. The van der Waals surface area contributed by atoms with Crippen molar-refractivity contribution in [2.24, 2.45) is 5.92 Å². The second-order valence-electron chi connectivity index (χ2n) is 8.00. The van der Waals surface area contributed by atoms with E-state index in [0.29, 0.717) is 0 Å². The molecule has 0 saturated carbocycles. The Hall–Kier alpha value is -1.40. The van der Waals surface area contributed by atoms with Gasteiger partial charge in [0.05, 0.1) is 19.1 Å². The number of amides is 2. The van der Waals surface area contributed by atoms with Crippen LogP contribution < -0.4 is 10.6 Å². The van der Waals surface area contributed by atoms with Gasteiger partial charge in [-0.2, -0.15) is 0 Å². The summed E-state index contributed by atoms with van der Waals surface area (Å²) in [7, 11) is 0. The monoisotopic (exact) mass is 426 g/mol. The van der Waals surface area contributed by atoms with Crippen molar-refractivity contribution < 1.29 is 19.8 Å². The number of hydrogen-bond donors (Lipinski definition) is 4. The van der Waals surface area contributed by atoms with Crippen LogP contribution in [0, 0.1) is 5.92 Å². The molecule has 0 aromatic carbocycles. The van der Waals surface area contributed by atoms with E-state index in [0.717, 1.165) is 12.8 Å². The van der Waals surface area contributed by atoms with E-state index < -0.39 is 5.92 Å². The number of unbranched alkanes of at least 4 members (excludes halogenated alkanes) is 12. The zero-order valence-electron chi connectivity index (χ0n) is 19.2. The molecule has 0 aromatic heterocycles. The summed E-state index contributed by atoms with van der Waals surface area (Å²) in [5, 5.41) is 22.8. The second kappa shape index (κ2) is 22.3. The standard InChI is InChI=1S/C24H46N2O4/c1-2-3-4-5-6-7-8-9-10-11-12-13-14-15-16-22(24(30)26-18-20-28)21-23(29)25-17-19-27/h15-16,22,27-28H,2-14,17-21H2,1H3,(H,25,29)(H,26,30). The summed E-state index contributed by atoms with van der Waals surface area (Å²) in [6.45, 7) is 2.37. The first-order chi connectivity index (χ1) is 14.7. The third kappa shape index (κ3) is 18.6. The molecule has 0 spiro atoms. The first-order valence-electron chi connectivity index (χ1n) is 12.1. The smallest absolute Gasteiger partial charge is 0.227 e. The highest BCUT2D eigenvalue weighted by Crippen LogP contribution is 2.13. The van der Waals surface area contributed by atoms with Crippen molar-refractivity contribution >= 4 is 11.8 Å². The molecule has 0 bridgehead atoms. The van der Waals surface area contributed by atoms with E-state index >= 15 is 0 Å². The fraction of sp³-hybridized carbons (Fsp3) is 0.833. The Morgan fingerprint density at radius 1 is 0.767 bits per heavy atom. The van der Waals surface area contributed by atoms with Crippen molar-refractivity contribution in [3.05, 3.63) is 12.2 Å². The van der Waals surface area contributed by atoms with E-state index in [2.05, 4.69) is 17.6 Å². The predicted octanol–water partition coefficient (Wildman–Crippen LogP) is 3.86. The maximum absolute atomic E-state index is 12.2. The van der Waals surface area contributed by atoms with Gasteiger partial charge in [-0.15, -0.1) is 0 Å². The first-order valence-corrected chi connectivity index (χ1v) is 12.1. The molecule has 176 valence electrons. The van der Waals surface area contributed by atoms with E-state index in [-0.39, 0.29) is 44.5 Å². The molecular formula is C24H46N2O4. The summed E-state index contributed by atoms with van der Waals surface area (Å²) < 4.78 is 0. The number of hydrogen-bond acceptors (Lipinski definition) is 4. The van der Waals surface area contributed by atoms with E-state index in [4.69, 9.17) is 10.2 Å². The molecule has 0 fully saturated rings. The molecule has 6 nitrogen and oxygen atoms in total. The maximum Gasteiger partial charge on any atom is 0.227 e. The van der Waals surface area contributed by atoms with Crippen molar-refractivity contribution in [1.82, 2.24) is 10.6 Å².